The first-order valence-corrected chi connectivity index (χ1v) is 7.44. The molecule has 1 aromatic heterocycles. The van der Waals surface area contributed by atoms with E-state index < -0.39 is 0 Å². The normalized spacial score (nSPS) is 11.4. The van der Waals surface area contributed by atoms with E-state index in [-0.39, 0.29) is 0 Å². The van der Waals surface area contributed by atoms with Gasteiger partial charge in [0.15, 0.2) is 5.96 Å². The average molecular weight is 331 g/mol. The zero-order valence-corrected chi connectivity index (χ0v) is 13.4. The molecule has 0 radical (unpaired) electrons. The van der Waals surface area contributed by atoms with Gasteiger partial charge in [0.05, 0.1) is 23.8 Å². The number of halogens is 1. The lowest BCUT2D eigenvalue weighted by Gasteiger charge is -2.21. The molecule has 0 amide bonds. The molecule has 0 bridgehead atoms. The molecular formula is C12H19BrN4S. The first-order chi connectivity index (χ1) is 8.52. The van der Waals surface area contributed by atoms with E-state index in [4.69, 9.17) is 0 Å². The Labute approximate surface area is 121 Å². The molecule has 6 heteroatoms. The fourth-order valence-electron chi connectivity index (χ4n) is 1.43. The Morgan fingerprint density at radius 1 is 1.67 bits per heavy atom. The number of thiazole rings is 1. The van der Waals surface area contributed by atoms with Gasteiger partial charge in [0, 0.05) is 23.5 Å². The fourth-order valence-corrected chi connectivity index (χ4v) is 2.16. The van der Waals surface area contributed by atoms with Crippen molar-refractivity contribution in [2.24, 2.45) is 4.99 Å². The number of hydrogen-bond acceptors (Lipinski definition) is 3. The van der Waals surface area contributed by atoms with Crippen molar-refractivity contribution in [3.63, 3.8) is 0 Å². The van der Waals surface area contributed by atoms with Crippen LogP contribution in [0.25, 0.3) is 0 Å². The molecular weight excluding hydrogens is 312 g/mol. The molecule has 0 aliphatic carbocycles. The van der Waals surface area contributed by atoms with Crippen LogP contribution in [0.4, 0.5) is 0 Å². The number of nitrogens with one attached hydrogen (secondary N) is 1. The van der Waals surface area contributed by atoms with Crippen LogP contribution in [0.3, 0.4) is 0 Å². The van der Waals surface area contributed by atoms with Crippen molar-refractivity contribution in [3.05, 3.63) is 27.1 Å². The van der Waals surface area contributed by atoms with Crippen LogP contribution >= 0.6 is 27.3 Å². The van der Waals surface area contributed by atoms with Gasteiger partial charge in [0.25, 0.3) is 0 Å². The summed E-state index contributed by atoms with van der Waals surface area (Å²) in [5, 5.41) is 6.43. The minimum Gasteiger partial charge on any atom is -0.357 e. The van der Waals surface area contributed by atoms with Crippen LogP contribution in [-0.4, -0.2) is 36.0 Å². The molecule has 0 aromatic carbocycles. The molecule has 0 saturated carbocycles. The molecule has 100 valence electrons. The predicted octanol–water partition coefficient (Wildman–Crippen LogP) is 2.76. The summed E-state index contributed by atoms with van der Waals surface area (Å²) >= 11 is 4.98. The third-order valence-corrected chi connectivity index (χ3v) is 3.24. The standard InChI is InChI=1S/C12H19BrN4S/c1-5-14-12(15-6-9(2)13)17(4)7-11-8-18-10(3)16-11/h8H,2,5-7H2,1,3-4H3,(H,14,15). The maximum atomic E-state index is 4.48. The molecule has 0 aliphatic rings. The topological polar surface area (TPSA) is 40.5 Å². The molecule has 4 nitrogen and oxygen atoms in total. The number of guanidine groups is 1. The summed E-state index contributed by atoms with van der Waals surface area (Å²) in [6.07, 6.45) is 0. The lowest BCUT2D eigenvalue weighted by atomic mass is 10.4. The zero-order chi connectivity index (χ0) is 13.5. The largest absolute Gasteiger partial charge is 0.357 e. The highest BCUT2D eigenvalue weighted by molar-refractivity contribution is 9.11. The second kappa shape index (κ2) is 7.53. The van der Waals surface area contributed by atoms with Gasteiger partial charge in [-0.3, -0.25) is 0 Å². The second-order valence-electron chi connectivity index (χ2n) is 3.90. The third kappa shape index (κ3) is 5.18. The summed E-state index contributed by atoms with van der Waals surface area (Å²) in [5.41, 5.74) is 1.07. The van der Waals surface area contributed by atoms with E-state index in [0.29, 0.717) is 6.54 Å². The van der Waals surface area contributed by atoms with E-state index >= 15 is 0 Å². The van der Waals surface area contributed by atoms with Gasteiger partial charge in [0.2, 0.25) is 0 Å². The monoisotopic (exact) mass is 330 g/mol. The van der Waals surface area contributed by atoms with Crippen LogP contribution in [0.15, 0.2) is 21.4 Å². The Morgan fingerprint density at radius 2 is 2.39 bits per heavy atom. The Balaban J connectivity index is 2.66. The van der Waals surface area contributed by atoms with Gasteiger partial charge in [-0.2, -0.15) is 0 Å². The first-order valence-electron chi connectivity index (χ1n) is 5.76. The average Bonchev–Trinajstić information content (AvgIpc) is 2.69. The molecule has 0 fully saturated rings. The van der Waals surface area contributed by atoms with Gasteiger partial charge >= 0.3 is 0 Å². The fraction of sp³-hybridized carbons (Fsp3) is 0.500. The molecule has 18 heavy (non-hydrogen) atoms. The maximum Gasteiger partial charge on any atom is 0.194 e. The summed E-state index contributed by atoms with van der Waals surface area (Å²) < 4.78 is 0.871. The SMILES string of the molecule is C=C(Br)CN=C(NCC)N(C)Cc1csc(C)n1. The van der Waals surface area contributed by atoms with E-state index in [1.165, 1.54) is 0 Å². The van der Waals surface area contributed by atoms with E-state index in [1.54, 1.807) is 11.3 Å². The first kappa shape index (κ1) is 15.2. The minimum absolute atomic E-state index is 0.572. The van der Waals surface area contributed by atoms with Gasteiger partial charge in [-0.25, -0.2) is 9.98 Å². The van der Waals surface area contributed by atoms with E-state index in [2.05, 4.69) is 55.0 Å². The molecule has 1 N–H and O–H groups in total. The maximum absolute atomic E-state index is 4.48. The van der Waals surface area contributed by atoms with Crippen LogP contribution in [0, 0.1) is 6.92 Å². The van der Waals surface area contributed by atoms with Crippen molar-refractivity contribution in [2.45, 2.75) is 20.4 Å². The number of nitrogens with zero attached hydrogens (tertiary/aromatic N) is 3. The lowest BCUT2D eigenvalue weighted by Crippen LogP contribution is -2.38. The highest BCUT2D eigenvalue weighted by atomic mass is 79.9. The molecule has 1 aromatic rings. The van der Waals surface area contributed by atoms with E-state index in [0.717, 1.165) is 34.2 Å². The third-order valence-electron chi connectivity index (χ3n) is 2.16. The molecule has 1 rings (SSSR count). The molecule has 0 atom stereocenters. The van der Waals surface area contributed by atoms with Crippen LogP contribution in [0.2, 0.25) is 0 Å². The number of aliphatic imine (C=N–C) groups is 1. The van der Waals surface area contributed by atoms with Crippen LogP contribution in [-0.2, 0) is 6.54 Å². The van der Waals surface area contributed by atoms with Crippen LogP contribution in [0.5, 0.6) is 0 Å². The number of rotatable bonds is 5. The van der Waals surface area contributed by atoms with Crippen molar-refractivity contribution in [1.29, 1.82) is 0 Å². The summed E-state index contributed by atoms with van der Waals surface area (Å²) in [6, 6.07) is 0. The van der Waals surface area contributed by atoms with Crippen LogP contribution < -0.4 is 5.32 Å². The van der Waals surface area contributed by atoms with Gasteiger partial charge < -0.3 is 10.2 Å². The van der Waals surface area contributed by atoms with E-state index in [1.807, 2.05) is 14.0 Å². The Kier molecular flexibility index (Phi) is 6.35. The number of aryl methyl sites for hydroxylation is 1. The van der Waals surface area contributed by atoms with Gasteiger partial charge in [-0.1, -0.05) is 22.5 Å². The van der Waals surface area contributed by atoms with Crippen molar-refractivity contribution in [3.8, 4) is 0 Å². The van der Waals surface area contributed by atoms with Gasteiger partial charge in [-0.15, -0.1) is 11.3 Å². The minimum atomic E-state index is 0.572. The quantitative estimate of drug-likeness (QED) is 0.666. The smallest absolute Gasteiger partial charge is 0.194 e. The van der Waals surface area contributed by atoms with Crippen molar-refractivity contribution in [2.75, 3.05) is 20.1 Å². The second-order valence-corrected chi connectivity index (χ2v) is 6.09. The van der Waals surface area contributed by atoms with E-state index in [9.17, 15) is 0 Å². The molecule has 0 saturated heterocycles. The summed E-state index contributed by atoms with van der Waals surface area (Å²) in [4.78, 5) is 11.0. The molecule has 0 unspecified atom stereocenters. The Morgan fingerprint density at radius 3 is 2.89 bits per heavy atom. The Hall–Kier alpha value is -0.880. The van der Waals surface area contributed by atoms with Gasteiger partial charge in [0.1, 0.15) is 0 Å². The Bertz CT molecular complexity index is 427. The van der Waals surface area contributed by atoms with Crippen molar-refractivity contribution < 1.29 is 0 Å². The highest BCUT2D eigenvalue weighted by Crippen LogP contribution is 2.10. The number of aromatic nitrogens is 1. The molecule has 0 spiro atoms. The summed E-state index contributed by atoms with van der Waals surface area (Å²) in [7, 11) is 2.01. The van der Waals surface area contributed by atoms with Crippen molar-refractivity contribution >= 4 is 33.2 Å². The number of hydrogen-bond donors (Lipinski definition) is 1. The van der Waals surface area contributed by atoms with Crippen LogP contribution in [0.1, 0.15) is 17.6 Å². The highest BCUT2D eigenvalue weighted by Gasteiger charge is 2.08. The zero-order valence-electron chi connectivity index (χ0n) is 11.0. The van der Waals surface area contributed by atoms with Gasteiger partial charge in [-0.05, 0) is 13.8 Å². The predicted molar refractivity (Wildman–Crippen MR) is 82.4 cm³/mol. The molecule has 1 heterocycles. The lowest BCUT2D eigenvalue weighted by molar-refractivity contribution is 0.472. The summed E-state index contributed by atoms with van der Waals surface area (Å²) in [6.45, 7) is 10.0. The molecule has 0 aliphatic heterocycles. The summed E-state index contributed by atoms with van der Waals surface area (Å²) in [5.74, 6) is 0.865. The van der Waals surface area contributed by atoms with Crippen molar-refractivity contribution in [1.82, 2.24) is 15.2 Å².